The highest BCUT2D eigenvalue weighted by molar-refractivity contribution is 14.1. The lowest BCUT2D eigenvalue weighted by Crippen LogP contribution is -2.01. The van der Waals surface area contributed by atoms with Crippen molar-refractivity contribution in [2.45, 2.75) is 19.4 Å². The Morgan fingerprint density at radius 1 is 1.40 bits per heavy atom. The molecule has 0 saturated carbocycles. The number of aromatic nitrogens is 1. The van der Waals surface area contributed by atoms with Gasteiger partial charge in [0, 0.05) is 5.39 Å². The van der Waals surface area contributed by atoms with Gasteiger partial charge in [0.2, 0.25) is 0 Å². The van der Waals surface area contributed by atoms with E-state index in [1.807, 2.05) is 37.3 Å². The van der Waals surface area contributed by atoms with Gasteiger partial charge in [0.1, 0.15) is 3.70 Å². The maximum atomic E-state index is 9.89. The first kappa shape index (κ1) is 10.8. The van der Waals surface area contributed by atoms with Crippen molar-refractivity contribution in [3.8, 4) is 0 Å². The van der Waals surface area contributed by atoms with E-state index in [0.717, 1.165) is 20.2 Å². The van der Waals surface area contributed by atoms with E-state index in [0.29, 0.717) is 6.42 Å². The zero-order valence-corrected chi connectivity index (χ0v) is 10.6. The molecule has 1 N–H and O–H groups in total. The Kier molecular flexibility index (Phi) is 3.21. The number of pyridine rings is 1. The lowest BCUT2D eigenvalue weighted by molar-refractivity contribution is 0.170. The van der Waals surface area contributed by atoms with Gasteiger partial charge in [0.15, 0.2) is 0 Å². The average Bonchev–Trinajstić information content (AvgIpc) is 2.26. The quantitative estimate of drug-likeness (QED) is 0.682. The van der Waals surface area contributed by atoms with Crippen LogP contribution >= 0.6 is 22.6 Å². The van der Waals surface area contributed by atoms with Crippen LogP contribution < -0.4 is 0 Å². The molecule has 3 heteroatoms. The molecule has 0 bridgehead atoms. The summed E-state index contributed by atoms with van der Waals surface area (Å²) in [6.45, 7) is 1.96. The van der Waals surface area contributed by atoms with Gasteiger partial charge in [-0.1, -0.05) is 31.2 Å². The van der Waals surface area contributed by atoms with Gasteiger partial charge >= 0.3 is 0 Å². The molecule has 0 spiro atoms. The van der Waals surface area contributed by atoms with Crippen molar-refractivity contribution < 1.29 is 5.11 Å². The van der Waals surface area contributed by atoms with E-state index in [1.54, 1.807) is 0 Å². The van der Waals surface area contributed by atoms with Crippen LogP contribution in [0.1, 0.15) is 25.1 Å². The van der Waals surface area contributed by atoms with Crippen molar-refractivity contribution in [1.29, 1.82) is 0 Å². The summed E-state index contributed by atoms with van der Waals surface area (Å²) >= 11 is 2.18. The molecule has 1 unspecified atom stereocenters. The number of halogens is 1. The molecule has 1 aromatic heterocycles. The van der Waals surface area contributed by atoms with Gasteiger partial charge in [-0.05, 0) is 40.5 Å². The van der Waals surface area contributed by atoms with E-state index in [9.17, 15) is 5.11 Å². The average molecular weight is 313 g/mol. The van der Waals surface area contributed by atoms with E-state index in [1.165, 1.54) is 0 Å². The maximum absolute atomic E-state index is 9.89. The fourth-order valence-electron chi connectivity index (χ4n) is 1.64. The van der Waals surface area contributed by atoms with Crippen molar-refractivity contribution in [3.63, 3.8) is 0 Å². The Morgan fingerprint density at radius 3 is 2.87 bits per heavy atom. The van der Waals surface area contributed by atoms with Crippen molar-refractivity contribution >= 4 is 33.4 Å². The number of hydrogen-bond acceptors (Lipinski definition) is 2. The molecule has 0 fully saturated rings. The molecule has 1 aromatic carbocycles. The Hall–Kier alpha value is -0.680. The molecule has 1 atom stereocenters. The topological polar surface area (TPSA) is 33.1 Å². The molecule has 78 valence electrons. The summed E-state index contributed by atoms with van der Waals surface area (Å²) in [6, 6.07) is 10.1. The number of rotatable bonds is 2. The van der Waals surface area contributed by atoms with Gasteiger partial charge in [0.05, 0.1) is 11.8 Å². The van der Waals surface area contributed by atoms with Crippen LogP contribution in [0.2, 0.25) is 0 Å². The van der Waals surface area contributed by atoms with Crippen LogP contribution in [0, 0.1) is 3.70 Å². The first-order chi connectivity index (χ1) is 7.22. The lowest BCUT2D eigenvalue weighted by atomic mass is 10.1. The first-order valence-corrected chi connectivity index (χ1v) is 6.03. The summed E-state index contributed by atoms with van der Waals surface area (Å²) in [4.78, 5) is 4.41. The Labute approximate surface area is 102 Å². The Balaban J connectivity index is 2.71. The van der Waals surface area contributed by atoms with Crippen molar-refractivity contribution in [2.75, 3.05) is 0 Å². The number of fused-ring (bicyclic) bond motifs is 1. The Morgan fingerprint density at radius 2 is 2.13 bits per heavy atom. The van der Waals surface area contributed by atoms with Crippen LogP contribution in [-0.4, -0.2) is 10.1 Å². The fourth-order valence-corrected chi connectivity index (χ4v) is 2.23. The summed E-state index contributed by atoms with van der Waals surface area (Å²) in [7, 11) is 0. The van der Waals surface area contributed by atoms with Crippen LogP contribution in [0.15, 0.2) is 30.3 Å². The van der Waals surface area contributed by atoms with Crippen LogP contribution in [0.5, 0.6) is 0 Å². The van der Waals surface area contributed by atoms with Gasteiger partial charge < -0.3 is 5.11 Å². The second-order valence-electron chi connectivity index (χ2n) is 3.48. The molecule has 0 aliphatic rings. The van der Waals surface area contributed by atoms with E-state index < -0.39 is 6.10 Å². The lowest BCUT2D eigenvalue weighted by Gasteiger charge is -2.11. The molecule has 2 nitrogen and oxygen atoms in total. The minimum absolute atomic E-state index is 0.468. The second-order valence-corrected chi connectivity index (χ2v) is 4.58. The SMILES string of the molecule is CCC(O)c1nc(I)cc2ccccc12. The van der Waals surface area contributed by atoms with Gasteiger partial charge in [-0.2, -0.15) is 0 Å². The number of aliphatic hydroxyl groups is 1. The molecular formula is C12H12INO. The number of aliphatic hydroxyl groups excluding tert-OH is 1. The Bertz CT molecular complexity index is 484. The number of nitrogens with zero attached hydrogens (tertiary/aromatic N) is 1. The highest BCUT2D eigenvalue weighted by atomic mass is 127. The molecule has 0 radical (unpaired) electrons. The summed E-state index contributed by atoms with van der Waals surface area (Å²) in [5.74, 6) is 0. The highest BCUT2D eigenvalue weighted by Gasteiger charge is 2.11. The summed E-state index contributed by atoms with van der Waals surface area (Å²) < 4.78 is 0.925. The normalized spacial score (nSPS) is 13.0. The fraction of sp³-hybridized carbons (Fsp3) is 0.250. The largest absolute Gasteiger partial charge is 0.387 e. The molecule has 0 aliphatic carbocycles. The van der Waals surface area contributed by atoms with Crippen LogP contribution in [0.3, 0.4) is 0 Å². The highest BCUT2D eigenvalue weighted by Crippen LogP contribution is 2.25. The molecule has 0 saturated heterocycles. The molecule has 15 heavy (non-hydrogen) atoms. The van der Waals surface area contributed by atoms with E-state index in [2.05, 4.69) is 27.6 Å². The third-order valence-electron chi connectivity index (χ3n) is 2.44. The number of benzene rings is 1. The summed E-state index contributed by atoms with van der Waals surface area (Å²) in [5.41, 5.74) is 0.792. The van der Waals surface area contributed by atoms with Crippen molar-refractivity contribution in [1.82, 2.24) is 4.98 Å². The minimum atomic E-state index is -0.468. The monoisotopic (exact) mass is 313 g/mol. The van der Waals surface area contributed by atoms with Crippen LogP contribution in [-0.2, 0) is 0 Å². The van der Waals surface area contributed by atoms with Gasteiger partial charge in [-0.25, -0.2) is 4.98 Å². The standard InChI is InChI=1S/C12H12INO/c1-2-10(15)12-9-6-4-3-5-8(9)7-11(13)14-12/h3-7,10,15H,2H2,1H3. The zero-order valence-electron chi connectivity index (χ0n) is 8.44. The van der Waals surface area contributed by atoms with E-state index >= 15 is 0 Å². The van der Waals surface area contributed by atoms with Crippen molar-refractivity contribution in [3.05, 3.63) is 39.7 Å². The van der Waals surface area contributed by atoms with Crippen LogP contribution in [0.4, 0.5) is 0 Å². The van der Waals surface area contributed by atoms with Crippen LogP contribution in [0.25, 0.3) is 10.8 Å². The second kappa shape index (κ2) is 4.45. The molecule has 0 amide bonds. The van der Waals surface area contributed by atoms with E-state index in [-0.39, 0.29) is 0 Å². The van der Waals surface area contributed by atoms with E-state index in [4.69, 9.17) is 0 Å². The summed E-state index contributed by atoms with van der Waals surface area (Å²) in [6.07, 6.45) is 0.224. The predicted octanol–water partition coefficient (Wildman–Crippen LogP) is 3.28. The third kappa shape index (κ3) is 2.13. The number of hydrogen-bond donors (Lipinski definition) is 1. The van der Waals surface area contributed by atoms with Crippen molar-refractivity contribution in [2.24, 2.45) is 0 Å². The summed E-state index contributed by atoms with van der Waals surface area (Å²) in [5, 5.41) is 12.1. The maximum Gasteiger partial charge on any atom is 0.102 e. The molecule has 0 aliphatic heterocycles. The molecule has 2 rings (SSSR count). The van der Waals surface area contributed by atoms with Gasteiger partial charge in [0.25, 0.3) is 0 Å². The third-order valence-corrected chi connectivity index (χ3v) is 2.99. The first-order valence-electron chi connectivity index (χ1n) is 4.95. The van der Waals surface area contributed by atoms with Gasteiger partial charge in [-0.15, -0.1) is 0 Å². The minimum Gasteiger partial charge on any atom is -0.387 e. The molecule has 1 heterocycles. The zero-order chi connectivity index (χ0) is 10.8. The molecule has 2 aromatic rings. The van der Waals surface area contributed by atoms with Gasteiger partial charge in [-0.3, -0.25) is 0 Å². The smallest absolute Gasteiger partial charge is 0.102 e. The molecular weight excluding hydrogens is 301 g/mol. The predicted molar refractivity (Wildman–Crippen MR) is 69.7 cm³/mol.